The number of carbonyl (C=O) groups excluding carboxylic acids is 1. The first-order chi connectivity index (χ1) is 8.89. The molecule has 0 spiro atoms. The van der Waals surface area contributed by atoms with Crippen LogP contribution < -0.4 is 5.32 Å². The van der Waals surface area contributed by atoms with Gasteiger partial charge in [-0.15, -0.1) is 0 Å². The van der Waals surface area contributed by atoms with Gasteiger partial charge in [0.1, 0.15) is 11.4 Å². The number of imidazole rings is 1. The molecule has 1 aromatic rings. The summed E-state index contributed by atoms with van der Waals surface area (Å²) in [5.41, 5.74) is 0.625. The van der Waals surface area contributed by atoms with Crippen molar-refractivity contribution in [3.05, 3.63) is 17.7 Å². The predicted molar refractivity (Wildman–Crippen MR) is 71.9 cm³/mol. The molecule has 0 atom stereocenters. The fraction of sp³-hybridized carbons (Fsp3) is 0.692. The highest BCUT2D eigenvalue weighted by molar-refractivity contribution is 5.69. The molecule has 0 saturated carbocycles. The second-order valence-electron chi connectivity index (χ2n) is 5.91. The number of ether oxygens (including phenoxy) is 1. The average Bonchev–Trinajstić information content (AvgIpc) is 2.61. The summed E-state index contributed by atoms with van der Waals surface area (Å²) in [6.45, 7) is 7.73. The minimum absolute atomic E-state index is 0.245. The summed E-state index contributed by atoms with van der Waals surface area (Å²) in [5, 5.41) is 3.07. The lowest BCUT2D eigenvalue weighted by Gasteiger charge is -2.38. The molecule has 1 amide bonds. The highest BCUT2D eigenvalue weighted by atomic mass is 16.6. The normalized spacial score (nSPS) is 16.3. The lowest BCUT2D eigenvalue weighted by molar-refractivity contribution is 0.00758. The fourth-order valence-electron chi connectivity index (χ4n) is 1.99. The Morgan fingerprint density at radius 3 is 2.84 bits per heavy atom. The van der Waals surface area contributed by atoms with Gasteiger partial charge < -0.3 is 19.9 Å². The molecule has 0 bridgehead atoms. The van der Waals surface area contributed by atoms with E-state index in [1.165, 1.54) is 0 Å². The summed E-state index contributed by atoms with van der Waals surface area (Å²) in [5.74, 6) is 1.24. The molecule has 6 nitrogen and oxygen atoms in total. The molecule has 6 heteroatoms. The van der Waals surface area contributed by atoms with Crippen LogP contribution in [0, 0.1) is 0 Å². The van der Waals surface area contributed by atoms with Crippen molar-refractivity contribution in [3.8, 4) is 0 Å². The average molecular weight is 266 g/mol. The molecule has 1 aliphatic rings. The van der Waals surface area contributed by atoms with Gasteiger partial charge in [0.15, 0.2) is 0 Å². The number of aromatic nitrogens is 2. The van der Waals surface area contributed by atoms with Crippen molar-refractivity contribution in [1.82, 2.24) is 20.2 Å². The largest absolute Gasteiger partial charge is 0.444 e. The van der Waals surface area contributed by atoms with E-state index < -0.39 is 5.60 Å². The maximum absolute atomic E-state index is 11.8. The van der Waals surface area contributed by atoms with Gasteiger partial charge in [-0.3, -0.25) is 0 Å². The highest BCUT2D eigenvalue weighted by Crippen LogP contribution is 2.26. The Bertz CT molecular complexity index is 444. The quantitative estimate of drug-likeness (QED) is 0.869. The number of nitrogens with zero attached hydrogens (tertiary/aromatic N) is 2. The SMILES string of the molecule is CNCc1cnc(C2CN(C(=O)OC(C)(C)C)C2)[nH]1. The molecule has 2 N–H and O–H groups in total. The van der Waals surface area contributed by atoms with Crippen LogP contribution in [0.1, 0.15) is 38.2 Å². The van der Waals surface area contributed by atoms with Crippen molar-refractivity contribution in [2.45, 2.75) is 38.8 Å². The zero-order valence-corrected chi connectivity index (χ0v) is 12.0. The molecular weight excluding hydrogens is 244 g/mol. The Kier molecular flexibility index (Phi) is 3.80. The van der Waals surface area contributed by atoms with Gasteiger partial charge in [-0.25, -0.2) is 9.78 Å². The molecule has 0 aliphatic carbocycles. The Morgan fingerprint density at radius 1 is 1.58 bits per heavy atom. The van der Waals surface area contributed by atoms with Gasteiger partial charge in [0.05, 0.1) is 5.92 Å². The minimum Gasteiger partial charge on any atom is -0.444 e. The topological polar surface area (TPSA) is 70.2 Å². The van der Waals surface area contributed by atoms with Crippen LogP contribution >= 0.6 is 0 Å². The van der Waals surface area contributed by atoms with Crippen LogP contribution in [0.25, 0.3) is 0 Å². The van der Waals surface area contributed by atoms with Crippen LogP contribution in [0.5, 0.6) is 0 Å². The summed E-state index contributed by atoms with van der Waals surface area (Å²) in [7, 11) is 1.90. The molecule has 2 rings (SSSR count). The lowest BCUT2D eigenvalue weighted by atomic mass is 10.0. The molecule has 0 unspecified atom stereocenters. The molecule has 0 aromatic carbocycles. The predicted octanol–water partition coefficient (Wildman–Crippen LogP) is 1.46. The van der Waals surface area contributed by atoms with Crippen LogP contribution in [0.4, 0.5) is 4.79 Å². The maximum Gasteiger partial charge on any atom is 0.410 e. The van der Waals surface area contributed by atoms with Crippen molar-refractivity contribution in [1.29, 1.82) is 0 Å². The summed E-state index contributed by atoms with van der Waals surface area (Å²) >= 11 is 0. The van der Waals surface area contributed by atoms with Gasteiger partial charge in [-0.2, -0.15) is 0 Å². The molecule has 19 heavy (non-hydrogen) atoms. The zero-order valence-electron chi connectivity index (χ0n) is 12.0. The lowest BCUT2D eigenvalue weighted by Crippen LogP contribution is -2.50. The van der Waals surface area contributed by atoms with E-state index in [4.69, 9.17) is 4.74 Å². The Morgan fingerprint density at radius 2 is 2.26 bits per heavy atom. The van der Waals surface area contributed by atoms with E-state index in [0.717, 1.165) is 18.1 Å². The van der Waals surface area contributed by atoms with E-state index >= 15 is 0 Å². The summed E-state index contributed by atoms with van der Waals surface area (Å²) < 4.78 is 5.32. The van der Waals surface area contributed by atoms with Gasteiger partial charge >= 0.3 is 6.09 Å². The van der Waals surface area contributed by atoms with Crippen molar-refractivity contribution < 1.29 is 9.53 Å². The Labute approximate surface area is 113 Å². The van der Waals surface area contributed by atoms with Gasteiger partial charge in [0.25, 0.3) is 0 Å². The van der Waals surface area contributed by atoms with E-state index in [0.29, 0.717) is 13.1 Å². The van der Waals surface area contributed by atoms with Crippen molar-refractivity contribution in [2.75, 3.05) is 20.1 Å². The van der Waals surface area contributed by atoms with E-state index in [-0.39, 0.29) is 12.0 Å². The second-order valence-corrected chi connectivity index (χ2v) is 5.91. The van der Waals surface area contributed by atoms with Crippen LogP contribution in [0.3, 0.4) is 0 Å². The van der Waals surface area contributed by atoms with Crippen molar-refractivity contribution in [3.63, 3.8) is 0 Å². The van der Waals surface area contributed by atoms with Gasteiger partial charge in [0, 0.05) is 31.5 Å². The van der Waals surface area contributed by atoms with Crippen LogP contribution in [-0.4, -0.2) is 46.7 Å². The van der Waals surface area contributed by atoms with Gasteiger partial charge in [-0.1, -0.05) is 0 Å². The minimum atomic E-state index is -0.438. The highest BCUT2D eigenvalue weighted by Gasteiger charge is 2.35. The van der Waals surface area contributed by atoms with E-state index in [9.17, 15) is 4.79 Å². The van der Waals surface area contributed by atoms with Crippen LogP contribution in [0.15, 0.2) is 6.20 Å². The molecule has 1 fully saturated rings. The van der Waals surface area contributed by atoms with E-state index in [1.807, 2.05) is 34.0 Å². The van der Waals surface area contributed by atoms with Gasteiger partial charge in [0.2, 0.25) is 0 Å². The smallest absolute Gasteiger partial charge is 0.410 e. The Hall–Kier alpha value is -1.56. The number of amides is 1. The fourth-order valence-corrected chi connectivity index (χ4v) is 1.99. The summed E-state index contributed by atoms with van der Waals surface area (Å²) in [6, 6.07) is 0. The molecule has 1 aromatic heterocycles. The van der Waals surface area contributed by atoms with Gasteiger partial charge in [-0.05, 0) is 27.8 Å². The Balaban J connectivity index is 1.83. The maximum atomic E-state index is 11.8. The van der Waals surface area contributed by atoms with Crippen LogP contribution in [-0.2, 0) is 11.3 Å². The summed E-state index contributed by atoms with van der Waals surface area (Å²) in [4.78, 5) is 21.1. The first-order valence-electron chi connectivity index (χ1n) is 6.55. The van der Waals surface area contributed by atoms with Crippen LogP contribution in [0.2, 0.25) is 0 Å². The third kappa shape index (κ3) is 3.47. The number of carbonyl (C=O) groups is 1. The standard InChI is InChI=1S/C13H22N4O2/c1-13(2,3)19-12(18)17-7-9(8-17)11-15-6-10(16-11)5-14-4/h6,9,14H,5,7-8H2,1-4H3,(H,15,16). The van der Waals surface area contributed by atoms with Crippen molar-refractivity contribution >= 4 is 6.09 Å². The van der Waals surface area contributed by atoms with Crippen molar-refractivity contribution in [2.24, 2.45) is 0 Å². The number of likely N-dealkylation sites (tertiary alicyclic amines) is 1. The molecule has 106 valence electrons. The second kappa shape index (κ2) is 5.21. The molecule has 0 radical (unpaired) electrons. The molecule has 1 aliphatic heterocycles. The van der Waals surface area contributed by atoms with E-state index in [1.54, 1.807) is 4.90 Å². The third-order valence-corrected chi connectivity index (χ3v) is 2.94. The number of H-pyrrole nitrogens is 1. The molecule has 1 saturated heterocycles. The number of hydrogen-bond acceptors (Lipinski definition) is 4. The third-order valence-electron chi connectivity index (χ3n) is 2.94. The number of rotatable bonds is 3. The monoisotopic (exact) mass is 266 g/mol. The summed E-state index contributed by atoms with van der Waals surface area (Å²) in [6.07, 6.45) is 1.59. The molecular formula is C13H22N4O2. The zero-order chi connectivity index (χ0) is 14.0. The number of aromatic amines is 1. The molecule has 2 heterocycles. The first-order valence-corrected chi connectivity index (χ1v) is 6.55. The van der Waals surface area contributed by atoms with E-state index in [2.05, 4.69) is 15.3 Å². The number of hydrogen-bond donors (Lipinski definition) is 2. The first kappa shape index (κ1) is 13.9. The number of nitrogens with one attached hydrogen (secondary N) is 2.